The van der Waals surface area contributed by atoms with Gasteiger partial charge in [0.2, 0.25) is 0 Å². The zero-order valence-electron chi connectivity index (χ0n) is 17.0. The molecule has 5 heteroatoms. The summed E-state index contributed by atoms with van der Waals surface area (Å²) >= 11 is 0. The van der Waals surface area contributed by atoms with E-state index in [1.807, 2.05) is 0 Å². The highest BCUT2D eigenvalue weighted by molar-refractivity contribution is 6.74. The Hall–Kier alpha value is 0.0238. The molecule has 0 aliphatic heterocycles. The fraction of sp³-hybridized carbons (Fsp3) is 0.944. The summed E-state index contributed by atoms with van der Waals surface area (Å²) in [7, 11) is -3.52. The number of carbonyl (C=O) groups excluding carboxylic acids is 1. The summed E-state index contributed by atoms with van der Waals surface area (Å²) < 4.78 is 12.6. The van der Waals surface area contributed by atoms with Crippen LogP contribution in [0.15, 0.2) is 0 Å². The van der Waals surface area contributed by atoms with Crippen molar-refractivity contribution in [3.05, 3.63) is 0 Å². The molecule has 0 aromatic rings. The van der Waals surface area contributed by atoms with Crippen molar-refractivity contribution in [1.82, 2.24) is 0 Å². The summed E-state index contributed by atoms with van der Waals surface area (Å²) in [5.74, 6) is 0.753. The minimum absolute atomic E-state index is 0.0499. The van der Waals surface area contributed by atoms with E-state index >= 15 is 0 Å². The van der Waals surface area contributed by atoms with E-state index in [0.29, 0.717) is 31.3 Å². The molecular formula is C18H38O3Si2. The van der Waals surface area contributed by atoms with Gasteiger partial charge >= 0.3 is 0 Å². The van der Waals surface area contributed by atoms with Gasteiger partial charge in [0.1, 0.15) is 5.78 Å². The van der Waals surface area contributed by atoms with E-state index in [0.717, 1.165) is 0 Å². The Morgan fingerprint density at radius 2 is 1.26 bits per heavy atom. The van der Waals surface area contributed by atoms with Gasteiger partial charge in [0, 0.05) is 25.6 Å². The summed E-state index contributed by atoms with van der Waals surface area (Å²) in [5, 5.41) is 0.404. The second-order valence-corrected chi connectivity index (χ2v) is 19.8. The van der Waals surface area contributed by atoms with Crippen LogP contribution in [0.3, 0.4) is 0 Å². The van der Waals surface area contributed by atoms with Crippen LogP contribution in [0.5, 0.6) is 0 Å². The molecule has 1 aliphatic rings. The molecule has 3 nitrogen and oxygen atoms in total. The second-order valence-electron chi connectivity index (χ2n) is 10.2. The molecule has 0 spiro atoms. The number of hydrogen-bond donors (Lipinski definition) is 0. The number of Topliss-reactive ketones (excluding diaryl/α,β-unsaturated/α-hetero) is 1. The summed E-state index contributed by atoms with van der Waals surface area (Å²) in [6.07, 6.45) is 0.667. The first-order valence-corrected chi connectivity index (χ1v) is 14.7. The molecule has 1 aliphatic carbocycles. The van der Waals surface area contributed by atoms with Gasteiger partial charge in [0.15, 0.2) is 16.6 Å². The largest absolute Gasteiger partial charge is 0.417 e. The first-order valence-electron chi connectivity index (χ1n) is 8.89. The van der Waals surface area contributed by atoms with Crippen LogP contribution in [0.4, 0.5) is 0 Å². The van der Waals surface area contributed by atoms with Crippen molar-refractivity contribution in [2.24, 2.45) is 11.8 Å². The predicted molar refractivity (Wildman–Crippen MR) is 103 cm³/mol. The molecule has 0 N–H and O–H groups in total. The van der Waals surface area contributed by atoms with Gasteiger partial charge in [-0.3, -0.25) is 4.79 Å². The van der Waals surface area contributed by atoms with E-state index in [9.17, 15) is 4.79 Å². The lowest BCUT2D eigenvalue weighted by atomic mass is 9.73. The van der Waals surface area contributed by atoms with Crippen LogP contribution in [-0.2, 0) is 13.6 Å². The Bertz CT molecular complexity index is 431. The monoisotopic (exact) mass is 358 g/mol. The minimum Gasteiger partial charge on any atom is -0.417 e. The third-order valence-corrected chi connectivity index (χ3v) is 15.3. The maximum Gasteiger partial charge on any atom is 0.192 e. The van der Waals surface area contributed by atoms with Crippen LogP contribution in [0.1, 0.15) is 48.0 Å². The SMILES string of the molecule is CC(C)(C)[Si](C)(C)OC[C@@H]1CC(=O)[C@H]1CO[Si](C)(C)C(C)(C)C. The maximum absolute atomic E-state index is 12.0. The topological polar surface area (TPSA) is 35.5 Å². The van der Waals surface area contributed by atoms with Crippen LogP contribution in [0, 0.1) is 11.8 Å². The molecular weight excluding hydrogens is 320 g/mol. The molecule has 2 atom stereocenters. The highest BCUT2D eigenvalue weighted by Gasteiger charge is 2.45. The Kier molecular flexibility index (Phi) is 6.17. The lowest BCUT2D eigenvalue weighted by Gasteiger charge is -2.43. The van der Waals surface area contributed by atoms with Crippen LogP contribution in [-0.4, -0.2) is 35.6 Å². The third kappa shape index (κ3) is 5.00. The molecule has 0 saturated heterocycles. The number of hydrogen-bond acceptors (Lipinski definition) is 3. The van der Waals surface area contributed by atoms with E-state index in [1.165, 1.54) is 0 Å². The number of carbonyl (C=O) groups is 1. The molecule has 0 amide bonds. The summed E-state index contributed by atoms with van der Waals surface area (Å²) in [4.78, 5) is 12.0. The zero-order valence-corrected chi connectivity index (χ0v) is 19.0. The Morgan fingerprint density at radius 1 is 0.870 bits per heavy atom. The lowest BCUT2D eigenvalue weighted by Crippen LogP contribution is -2.50. The maximum atomic E-state index is 12.0. The molecule has 0 heterocycles. The molecule has 1 fully saturated rings. The highest BCUT2D eigenvalue weighted by Crippen LogP contribution is 2.41. The van der Waals surface area contributed by atoms with E-state index in [4.69, 9.17) is 8.85 Å². The van der Waals surface area contributed by atoms with Gasteiger partial charge in [-0.2, -0.15) is 0 Å². The molecule has 1 rings (SSSR count). The first kappa shape index (κ1) is 21.1. The van der Waals surface area contributed by atoms with E-state index in [1.54, 1.807) is 0 Å². The van der Waals surface area contributed by atoms with Gasteiger partial charge in [-0.1, -0.05) is 41.5 Å². The van der Waals surface area contributed by atoms with Gasteiger partial charge in [0.25, 0.3) is 0 Å². The van der Waals surface area contributed by atoms with Gasteiger partial charge < -0.3 is 8.85 Å². The van der Waals surface area contributed by atoms with Crippen LogP contribution < -0.4 is 0 Å². The number of ketones is 1. The number of rotatable bonds is 6. The molecule has 1 saturated carbocycles. The van der Waals surface area contributed by atoms with Crippen LogP contribution in [0.25, 0.3) is 0 Å². The standard InChI is InChI=1S/C18H38O3Si2/c1-17(2,3)22(7,8)20-12-14-11-16(19)15(14)13-21-23(9,10)18(4,5)6/h14-15H,11-13H2,1-10H3/t14-,15-/m0/s1. The molecule has 0 aromatic heterocycles. The molecule has 0 radical (unpaired) electrons. The Morgan fingerprint density at radius 3 is 1.61 bits per heavy atom. The molecule has 0 unspecified atom stereocenters. The van der Waals surface area contributed by atoms with Gasteiger partial charge in [0.05, 0.1) is 0 Å². The zero-order chi connectivity index (χ0) is 18.3. The van der Waals surface area contributed by atoms with Gasteiger partial charge in [-0.25, -0.2) is 0 Å². The lowest BCUT2D eigenvalue weighted by molar-refractivity contribution is -0.137. The fourth-order valence-corrected chi connectivity index (χ4v) is 4.20. The van der Waals surface area contributed by atoms with E-state index in [2.05, 4.69) is 67.7 Å². The van der Waals surface area contributed by atoms with Crippen LogP contribution in [0.2, 0.25) is 36.3 Å². The fourth-order valence-electron chi connectivity index (χ4n) is 2.11. The summed E-state index contributed by atoms with van der Waals surface area (Å²) in [6, 6.07) is 0. The van der Waals surface area contributed by atoms with Crippen molar-refractivity contribution in [3.63, 3.8) is 0 Å². The molecule has 0 bridgehead atoms. The van der Waals surface area contributed by atoms with Crippen molar-refractivity contribution in [1.29, 1.82) is 0 Å². The second kappa shape index (κ2) is 6.73. The first-order chi connectivity index (χ1) is 10.1. The van der Waals surface area contributed by atoms with Crippen molar-refractivity contribution < 1.29 is 13.6 Å². The van der Waals surface area contributed by atoms with Gasteiger partial charge in [-0.15, -0.1) is 0 Å². The molecule has 0 aromatic carbocycles. The Balaban J connectivity index is 2.56. The smallest absolute Gasteiger partial charge is 0.192 e. The normalized spacial score (nSPS) is 23.8. The van der Waals surface area contributed by atoms with Crippen molar-refractivity contribution >= 4 is 22.4 Å². The van der Waals surface area contributed by atoms with Gasteiger partial charge in [-0.05, 0) is 42.2 Å². The highest BCUT2D eigenvalue weighted by atomic mass is 28.4. The summed E-state index contributed by atoms with van der Waals surface area (Å²) in [6.45, 7) is 23.8. The average Bonchev–Trinajstić information content (AvgIpc) is 2.31. The predicted octanol–water partition coefficient (Wildman–Crippen LogP) is 5.24. The van der Waals surface area contributed by atoms with Crippen molar-refractivity contribution in [3.8, 4) is 0 Å². The quantitative estimate of drug-likeness (QED) is 0.609. The average molecular weight is 359 g/mol. The van der Waals surface area contributed by atoms with E-state index < -0.39 is 16.6 Å². The van der Waals surface area contributed by atoms with Crippen molar-refractivity contribution in [2.45, 2.75) is 84.2 Å². The molecule has 136 valence electrons. The summed E-state index contributed by atoms with van der Waals surface area (Å²) in [5.41, 5.74) is 0. The van der Waals surface area contributed by atoms with Crippen LogP contribution >= 0.6 is 0 Å². The Labute approximate surface area is 145 Å². The van der Waals surface area contributed by atoms with E-state index in [-0.39, 0.29) is 16.0 Å². The third-order valence-electron chi connectivity index (χ3n) is 6.34. The van der Waals surface area contributed by atoms with Crippen molar-refractivity contribution in [2.75, 3.05) is 13.2 Å². The molecule has 23 heavy (non-hydrogen) atoms. The minimum atomic E-state index is -1.78.